The van der Waals surface area contributed by atoms with Crippen LogP contribution in [0.15, 0.2) is 6.33 Å². The van der Waals surface area contributed by atoms with E-state index in [1.807, 2.05) is 6.33 Å². The van der Waals surface area contributed by atoms with Gasteiger partial charge in [0.2, 0.25) is 5.82 Å². The molecule has 0 radical (unpaired) electrons. The average Bonchev–Trinajstić information content (AvgIpc) is 3.14. The summed E-state index contributed by atoms with van der Waals surface area (Å²) < 4.78 is 2.12. The van der Waals surface area contributed by atoms with Crippen LogP contribution in [0.2, 0.25) is 0 Å². The van der Waals surface area contributed by atoms with Gasteiger partial charge in [0.15, 0.2) is 11.5 Å². The number of anilines is 1. The normalized spacial score (nSPS) is 35.5. The third-order valence-corrected chi connectivity index (χ3v) is 8.43. The van der Waals surface area contributed by atoms with Crippen molar-refractivity contribution in [3.05, 3.63) is 12.2 Å². The van der Waals surface area contributed by atoms with Crippen LogP contribution in [0.25, 0.3) is 11.2 Å². The highest BCUT2D eigenvalue weighted by molar-refractivity contribution is 5.81. The molecule has 3 N–H and O–H groups in total. The summed E-state index contributed by atoms with van der Waals surface area (Å²) in [5, 5.41) is 11.5. The number of nitrogens with zero attached hydrogens (tertiary/aromatic N) is 4. The smallest absolute Gasteiger partial charge is 0.209 e. The summed E-state index contributed by atoms with van der Waals surface area (Å²) in [6.45, 7) is 0.927. The molecular formula is C24H31N5O. The van der Waals surface area contributed by atoms with E-state index in [0.29, 0.717) is 34.9 Å². The Morgan fingerprint density at radius 3 is 2.43 bits per heavy atom. The average molecular weight is 406 g/mol. The monoisotopic (exact) mass is 405 g/mol. The number of aromatic nitrogens is 4. The summed E-state index contributed by atoms with van der Waals surface area (Å²) in [7, 11) is 0. The summed E-state index contributed by atoms with van der Waals surface area (Å²) in [4.78, 5) is 13.6. The van der Waals surface area contributed by atoms with Gasteiger partial charge in [0.05, 0.1) is 6.33 Å². The molecular weight excluding hydrogens is 374 g/mol. The second-order valence-corrected chi connectivity index (χ2v) is 10.4. The highest BCUT2D eigenvalue weighted by Crippen LogP contribution is 2.58. The van der Waals surface area contributed by atoms with Gasteiger partial charge in [-0.15, -0.1) is 0 Å². The fraction of sp³-hybridized carbons (Fsp3) is 0.708. The van der Waals surface area contributed by atoms with Crippen LogP contribution in [0.4, 0.5) is 5.82 Å². The molecule has 0 saturated heterocycles. The zero-order valence-corrected chi connectivity index (χ0v) is 17.6. The van der Waals surface area contributed by atoms with Crippen LogP contribution < -0.4 is 5.73 Å². The van der Waals surface area contributed by atoms with Crippen molar-refractivity contribution in [2.75, 3.05) is 5.73 Å². The van der Waals surface area contributed by atoms with Crippen molar-refractivity contribution >= 4 is 17.0 Å². The minimum atomic E-state index is -0.886. The summed E-state index contributed by atoms with van der Waals surface area (Å²) in [6, 6.07) is 0. The topological polar surface area (TPSA) is 89.8 Å². The van der Waals surface area contributed by atoms with Crippen LogP contribution in [0.1, 0.15) is 70.0 Å². The molecule has 5 aliphatic rings. The highest BCUT2D eigenvalue weighted by atomic mass is 16.3. The van der Waals surface area contributed by atoms with Gasteiger partial charge in [0, 0.05) is 6.54 Å². The first-order valence-electron chi connectivity index (χ1n) is 11.8. The second-order valence-electron chi connectivity index (χ2n) is 10.4. The number of fused-ring (bicyclic) bond motifs is 1. The Hall–Kier alpha value is -2.13. The van der Waals surface area contributed by atoms with Gasteiger partial charge in [-0.3, -0.25) is 0 Å². The molecule has 2 aromatic heterocycles. The van der Waals surface area contributed by atoms with E-state index < -0.39 is 5.60 Å². The minimum absolute atomic E-state index is 0.305. The summed E-state index contributed by atoms with van der Waals surface area (Å²) in [5.41, 5.74) is 6.75. The molecule has 2 heterocycles. The van der Waals surface area contributed by atoms with E-state index in [9.17, 15) is 5.11 Å². The van der Waals surface area contributed by atoms with Crippen molar-refractivity contribution < 1.29 is 5.11 Å². The summed E-state index contributed by atoms with van der Waals surface area (Å²) in [5.74, 6) is 10.0. The van der Waals surface area contributed by atoms with E-state index in [2.05, 4.69) is 26.4 Å². The van der Waals surface area contributed by atoms with Crippen molar-refractivity contribution in [3.63, 3.8) is 0 Å². The molecule has 5 saturated carbocycles. The molecule has 0 spiro atoms. The Bertz CT molecular complexity index is 997. The van der Waals surface area contributed by atoms with Crippen LogP contribution in [-0.2, 0) is 6.54 Å². The van der Waals surface area contributed by atoms with E-state index in [0.717, 1.165) is 49.7 Å². The molecule has 30 heavy (non-hydrogen) atoms. The van der Waals surface area contributed by atoms with Crippen LogP contribution in [0.3, 0.4) is 0 Å². The first kappa shape index (κ1) is 18.6. The van der Waals surface area contributed by atoms with E-state index in [1.165, 1.54) is 38.5 Å². The van der Waals surface area contributed by atoms with Crippen molar-refractivity contribution in [1.82, 2.24) is 19.5 Å². The van der Waals surface area contributed by atoms with E-state index >= 15 is 0 Å². The van der Waals surface area contributed by atoms with Gasteiger partial charge in [0.25, 0.3) is 0 Å². The Labute approximate surface area is 177 Å². The lowest BCUT2D eigenvalue weighted by molar-refractivity contribution is -0.136. The summed E-state index contributed by atoms with van der Waals surface area (Å²) >= 11 is 0. The SMILES string of the molecule is Nc1nc(C#CC2(O)C3CC4CC(C3)CC2C4)nc2c1ncn2CC1CCCCC1. The molecule has 6 nitrogen and oxygen atoms in total. The number of nitrogen functional groups attached to an aromatic ring is 1. The summed E-state index contributed by atoms with van der Waals surface area (Å²) in [6.07, 6.45) is 14.2. The zero-order chi connectivity index (χ0) is 20.3. The van der Waals surface area contributed by atoms with Gasteiger partial charge >= 0.3 is 0 Å². The van der Waals surface area contributed by atoms with Crippen molar-refractivity contribution in [2.24, 2.45) is 29.6 Å². The van der Waals surface area contributed by atoms with Crippen LogP contribution in [0, 0.1) is 41.4 Å². The van der Waals surface area contributed by atoms with Crippen molar-refractivity contribution in [1.29, 1.82) is 0 Å². The van der Waals surface area contributed by atoms with Gasteiger partial charge < -0.3 is 15.4 Å². The lowest BCUT2D eigenvalue weighted by Crippen LogP contribution is -2.56. The maximum Gasteiger partial charge on any atom is 0.209 e. The molecule has 0 atom stereocenters. The molecule has 0 aliphatic heterocycles. The molecule has 0 aromatic carbocycles. The van der Waals surface area contributed by atoms with Gasteiger partial charge in [-0.1, -0.05) is 25.2 Å². The van der Waals surface area contributed by atoms with E-state index in [-0.39, 0.29) is 0 Å². The molecule has 0 unspecified atom stereocenters. The van der Waals surface area contributed by atoms with Crippen molar-refractivity contribution in [2.45, 2.75) is 76.4 Å². The second kappa shape index (κ2) is 6.95. The largest absolute Gasteiger partial charge is 0.382 e. The number of hydrogen-bond donors (Lipinski definition) is 2. The predicted molar refractivity (Wildman–Crippen MR) is 115 cm³/mol. The first-order valence-corrected chi connectivity index (χ1v) is 11.8. The zero-order valence-electron chi connectivity index (χ0n) is 17.6. The Morgan fingerprint density at radius 2 is 1.73 bits per heavy atom. The van der Waals surface area contributed by atoms with Gasteiger partial charge in [0.1, 0.15) is 11.1 Å². The van der Waals surface area contributed by atoms with Gasteiger partial charge in [-0.25, -0.2) is 15.0 Å². The standard InChI is InChI=1S/C24H31N5O/c25-22-21-23(29(14-26-21)13-15-4-2-1-3-5-15)28-20(27-22)6-7-24(30)18-9-16-8-17(11-18)12-19(24)10-16/h14-19,30H,1-5,8-13H2,(H2,25,27,28). The van der Waals surface area contributed by atoms with E-state index in [1.54, 1.807) is 0 Å². The maximum absolute atomic E-state index is 11.5. The van der Waals surface area contributed by atoms with Crippen LogP contribution in [0.5, 0.6) is 0 Å². The Balaban J connectivity index is 1.31. The lowest BCUT2D eigenvalue weighted by atomic mass is 9.50. The van der Waals surface area contributed by atoms with Crippen LogP contribution >= 0.6 is 0 Å². The van der Waals surface area contributed by atoms with Crippen LogP contribution in [-0.4, -0.2) is 30.2 Å². The third-order valence-electron chi connectivity index (χ3n) is 8.43. The predicted octanol–water partition coefficient (Wildman–Crippen LogP) is 3.53. The number of imidazole rings is 1. The minimum Gasteiger partial charge on any atom is -0.382 e. The molecule has 5 fully saturated rings. The molecule has 4 bridgehead atoms. The van der Waals surface area contributed by atoms with Gasteiger partial charge in [-0.05, 0) is 80.5 Å². The molecule has 7 rings (SSSR count). The first-order chi connectivity index (χ1) is 14.6. The van der Waals surface area contributed by atoms with Gasteiger partial charge in [-0.2, -0.15) is 0 Å². The quantitative estimate of drug-likeness (QED) is 0.746. The fourth-order valence-corrected chi connectivity index (χ4v) is 7.07. The van der Waals surface area contributed by atoms with E-state index in [4.69, 9.17) is 10.7 Å². The number of nitrogens with two attached hydrogens (primary N) is 1. The number of aliphatic hydroxyl groups is 1. The molecule has 158 valence electrons. The molecule has 2 aromatic rings. The number of rotatable bonds is 2. The lowest BCUT2D eigenvalue weighted by Gasteiger charge is -2.56. The molecule has 5 aliphatic carbocycles. The Morgan fingerprint density at radius 1 is 1.03 bits per heavy atom. The maximum atomic E-state index is 11.5. The Kier molecular flexibility index (Phi) is 4.31. The highest BCUT2D eigenvalue weighted by Gasteiger charge is 2.56. The number of hydrogen-bond acceptors (Lipinski definition) is 5. The molecule has 6 heteroatoms. The molecule has 0 amide bonds. The third kappa shape index (κ3) is 3.01. The van der Waals surface area contributed by atoms with Crippen molar-refractivity contribution in [3.8, 4) is 11.8 Å². The fourth-order valence-electron chi connectivity index (χ4n) is 7.07.